The molecule has 1 atom stereocenters. The van der Waals surface area contributed by atoms with Crippen LogP contribution in [0.5, 0.6) is 0 Å². The van der Waals surface area contributed by atoms with Gasteiger partial charge in [0.05, 0.1) is 6.54 Å². The second kappa shape index (κ2) is 5.78. The summed E-state index contributed by atoms with van der Waals surface area (Å²) in [6.45, 7) is -0.748. The molecule has 9 heteroatoms. The van der Waals surface area contributed by atoms with Crippen molar-refractivity contribution >= 4 is 10.1 Å². The molecule has 0 aliphatic heterocycles. The minimum Gasteiger partial charge on any atom is -0.746 e. The van der Waals surface area contributed by atoms with Crippen LogP contribution in [0.3, 0.4) is 0 Å². The first-order valence-corrected chi connectivity index (χ1v) is 3.59. The molecule has 0 saturated carbocycles. The van der Waals surface area contributed by atoms with Crippen molar-refractivity contribution in [2.45, 2.75) is 5.44 Å². The van der Waals surface area contributed by atoms with Crippen molar-refractivity contribution in [3.8, 4) is 0 Å². The van der Waals surface area contributed by atoms with Crippen LogP contribution in [-0.4, -0.2) is 30.1 Å². The van der Waals surface area contributed by atoms with E-state index in [-0.39, 0.29) is 29.6 Å². The Morgan fingerprint density at radius 2 is 2.18 bits per heavy atom. The molecule has 0 spiro atoms. The first-order valence-electron chi connectivity index (χ1n) is 2.12. The molecular weight excluding hydrogens is 185 g/mol. The Bertz CT molecular complexity index is 244. The average Bonchev–Trinajstić information content (AvgIpc) is 1.80. The second-order valence-electron chi connectivity index (χ2n) is 1.36. The third-order valence-electron chi connectivity index (χ3n) is 0.634. The molecule has 1 N–H and O–H groups in total. The van der Waals surface area contributed by atoms with Gasteiger partial charge in [-0.05, 0) is 5.53 Å². The number of aliphatic hydroxyl groups excluding tert-OH is 1. The summed E-state index contributed by atoms with van der Waals surface area (Å²) in [6, 6.07) is 0. The Labute approximate surface area is 85.1 Å². The summed E-state index contributed by atoms with van der Waals surface area (Å²) in [5.41, 5.74) is 5.50. The van der Waals surface area contributed by atoms with E-state index in [1.165, 1.54) is 0 Å². The van der Waals surface area contributed by atoms with Crippen molar-refractivity contribution in [1.29, 1.82) is 0 Å². The largest absolute Gasteiger partial charge is 1.00 e. The molecule has 0 heterocycles. The van der Waals surface area contributed by atoms with Gasteiger partial charge in [-0.15, -0.1) is 0 Å². The first kappa shape index (κ1) is 13.7. The van der Waals surface area contributed by atoms with Gasteiger partial charge in [0.2, 0.25) is 0 Å². The number of rotatable bonds is 3. The predicted molar refractivity (Wildman–Crippen MR) is 29.7 cm³/mol. The van der Waals surface area contributed by atoms with Crippen LogP contribution in [0.2, 0.25) is 0 Å². The summed E-state index contributed by atoms with van der Waals surface area (Å²) in [5, 5.41) is 11.0. The second-order valence-corrected chi connectivity index (χ2v) is 2.89. The Kier molecular flexibility index (Phi) is 7.23. The maximum absolute atomic E-state index is 9.85. The van der Waals surface area contributed by atoms with Crippen LogP contribution in [0.4, 0.5) is 0 Å². The number of aliphatic hydroxyl groups is 1. The quantitative estimate of drug-likeness (QED) is 0.160. The SMILES string of the molecule is [N-]=[N+]=NCC(O)S(=O)(=O)[O-].[Na+]. The normalized spacial score (nSPS) is 12.5. The first-order chi connectivity index (χ1) is 4.48. The van der Waals surface area contributed by atoms with Gasteiger partial charge in [-0.2, -0.15) is 0 Å². The minimum atomic E-state index is -4.73. The molecule has 58 valence electrons. The van der Waals surface area contributed by atoms with Crippen LogP contribution < -0.4 is 29.6 Å². The summed E-state index contributed by atoms with van der Waals surface area (Å²) in [5.74, 6) is 0. The molecule has 1 unspecified atom stereocenters. The number of hydrogen-bond donors (Lipinski definition) is 1. The van der Waals surface area contributed by atoms with Gasteiger partial charge in [-0.3, -0.25) is 0 Å². The van der Waals surface area contributed by atoms with E-state index < -0.39 is 22.1 Å². The fourth-order valence-corrected chi connectivity index (χ4v) is 0.447. The number of hydrogen-bond acceptors (Lipinski definition) is 5. The van der Waals surface area contributed by atoms with Crippen LogP contribution in [0, 0.1) is 0 Å². The number of nitrogens with zero attached hydrogens (tertiary/aromatic N) is 3. The standard InChI is InChI=1S/C2H5N3O4S.Na/c3-5-4-1-2(6)10(7,8)9;/h2,6H,1H2,(H,7,8,9);/q;+1/p-1. The zero-order chi connectivity index (χ0) is 8.20. The summed E-state index contributed by atoms with van der Waals surface area (Å²) in [4.78, 5) is 2.15. The molecule has 0 fully saturated rings. The Hall–Kier alpha value is 0.180. The number of azide groups is 1. The maximum atomic E-state index is 9.85. The van der Waals surface area contributed by atoms with E-state index in [1.54, 1.807) is 0 Å². The van der Waals surface area contributed by atoms with Crippen LogP contribution >= 0.6 is 0 Å². The Morgan fingerprint density at radius 3 is 2.45 bits per heavy atom. The molecule has 0 radical (unpaired) electrons. The van der Waals surface area contributed by atoms with E-state index in [2.05, 4.69) is 10.0 Å². The third kappa shape index (κ3) is 6.57. The molecule has 7 nitrogen and oxygen atoms in total. The molecule has 0 aliphatic carbocycles. The third-order valence-corrected chi connectivity index (χ3v) is 1.45. The zero-order valence-corrected chi connectivity index (χ0v) is 8.52. The average molecular weight is 189 g/mol. The molecular formula is C2H4N3NaO4S. The van der Waals surface area contributed by atoms with Gasteiger partial charge < -0.3 is 9.66 Å². The summed E-state index contributed by atoms with van der Waals surface area (Å²) in [7, 11) is -4.73. The molecule has 0 bridgehead atoms. The van der Waals surface area contributed by atoms with E-state index in [4.69, 9.17) is 10.6 Å². The van der Waals surface area contributed by atoms with Crippen LogP contribution in [0.1, 0.15) is 0 Å². The maximum Gasteiger partial charge on any atom is 1.00 e. The summed E-state index contributed by atoms with van der Waals surface area (Å²) in [6.07, 6.45) is 0. The van der Waals surface area contributed by atoms with Gasteiger partial charge in [0.25, 0.3) is 0 Å². The van der Waals surface area contributed by atoms with Crippen molar-refractivity contribution in [2.24, 2.45) is 5.11 Å². The van der Waals surface area contributed by atoms with E-state index in [1.807, 2.05) is 0 Å². The van der Waals surface area contributed by atoms with Crippen molar-refractivity contribution in [1.82, 2.24) is 0 Å². The minimum absolute atomic E-state index is 0. The monoisotopic (exact) mass is 189 g/mol. The smallest absolute Gasteiger partial charge is 0.746 e. The Balaban J connectivity index is 0. The topological polar surface area (TPSA) is 126 Å². The molecule has 11 heavy (non-hydrogen) atoms. The molecule has 0 amide bonds. The molecule has 0 aromatic rings. The van der Waals surface area contributed by atoms with Gasteiger partial charge in [0.15, 0.2) is 0 Å². The van der Waals surface area contributed by atoms with E-state index in [0.717, 1.165) is 0 Å². The fourth-order valence-electron chi connectivity index (χ4n) is 0.198. The van der Waals surface area contributed by atoms with Crippen LogP contribution in [0.15, 0.2) is 5.11 Å². The van der Waals surface area contributed by atoms with Gasteiger partial charge in [-0.1, -0.05) is 5.11 Å². The van der Waals surface area contributed by atoms with Gasteiger partial charge >= 0.3 is 29.6 Å². The van der Waals surface area contributed by atoms with Gasteiger partial charge in [0, 0.05) is 4.91 Å². The van der Waals surface area contributed by atoms with Crippen molar-refractivity contribution in [2.75, 3.05) is 6.54 Å². The van der Waals surface area contributed by atoms with Gasteiger partial charge in [-0.25, -0.2) is 8.42 Å². The summed E-state index contributed by atoms with van der Waals surface area (Å²) >= 11 is 0. The van der Waals surface area contributed by atoms with E-state index >= 15 is 0 Å². The van der Waals surface area contributed by atoms with Crippen molar-refractivity contribution in [3.63, 3.8) is 0 Å². The molecule has 0 aromatic carbocycles. The Morgan fingerprint density at radius 1 is 1.73 bits per heavy atom. The molecule has 0 saturated heterocycles. The van der Waals surface area contributed by atoms with Crippen LogP contribution in [0.25, 0.3) is 10.4 Å². The molecule has 0 aliphatic rings. The zero-order valence-electron chi connectivity index (χ0n) is 5.71. The van der Waals surface area contributed by atoms with Crippen molar-refractivity contribution in [3.05, 3.63) is 10.4 Å². The van der Waals surface area contributed by atoms with Crippen molar-refractivity contribution < 1.29 is 47.6 Å². The van der Waals surface area contributed by atoms with Gasteiger partial charge in [0.1, 0.15) is 15.6 Å². The van der Waals surface area contributed by atoms with E-state index in [0.29, 0.717) is 0 Å². The predicted octanol–water partition coefficient (Wildman–Crippen LogP) is -3.84. The molecule has 0 rings (SSSR count). The van der Waals surface area contributed by atoms with Crippen LogP contribution in [-0.2, 0) is 10.1 Å². The fraction of sp³-hybridized carbons (Fsp3) is 1.00. The van der Waals surface area contributed by atoms with E-state index in [9.17, 15) is 13.0 Å². The summed E-state index contributed by atoms with van der Waals surface area (Å²) < 4.78 is 29.5. The molecule has 0 aromatic heterocycles.